The molecule has 0 saturated heterocycles. The van der Waals surface area contributed by atoms with Crippen molar-refractivity contribution >= 4 is 0 Å². The molecule has 10 aliphatic rings. The molecule has 0 amide bonds. The summed E-state index contributed by atoms with van der Waals surface area (Å²) in [6.45, 7) is 57.7. The van der Waals surface area contributed by atoms with E-state index in [4.69, 9.17) is 0 Å². The van der Waals surface area contributed by atoms with E-state index in [9.17, 15) is 96.6 Å². The lowest BCUT2D eigenvalue weighted by Gasteiger charge is -2.50. The number of halogens is 22. The van der Waals surface area contributed by atoms with Gasteiger partial charge in [0.1, 0.15) is 24.2 Å². The van der Waals surface area contributed by atoms with Gasteiger partial charge in [0.25, 0.3) is 0 Å². The summed E-state index contributed by atoms with van der Waals surface area (Å²) in [6.07, 6.45) is -12.0. The van der Waals surface area contributed by atoms with Crippen LogP contribution in [0.3, 0.4) is 0 Å². The van der Waals surface area contributed by atoms with Crippen molar-refractivity contribution in [3.05, 3.63) is 0 Å². The Balaban J connectivity index is 0.000000638. The molecule has 678 valence electrons. The maximum absolute atomic E-state index is 13.1. The Hall–Kier alpha value is -1.54. The highest BCUT2D eigenvalue weighted by Crippen LogP contribution is 2.61. The van der Waals surface area contributed by atoms with Crippen LogP contribution < -0.4 is 0 Å². The molecule has 0 aromatic heterocycles. The lowest BCUT2D eigenvalue weighted by atomic mass is 9.57. The smallest absolute Gasteiger partial charge is 0.247 e. The Bertz CT molecular complexity index is 2400. The van der Waals surface area contributed by atoms with E-state index in [2.05, 4.69) is 111 Å². The topological polar surface area (TPSA) is 0 Å². The van der Waals surface area contributed by atoms with Crippen molar-refractivity contribution in [1.29, 1.82) is 0 Å². The van der Waals surface area contributed by atoms with Crippen molar-refractivity contribution in [2.75, 3.05) is 0 Å². The Kier molecular flexibility index (Phi) is 44.1. The number of alkyl halides is 22. The lowest BCUT2D eigenvalue weighted by Crippen LogP contribution is -2.57. The quantitative estimate of drug-likeness (QED) is 0.212. The van der Waals surface area contributed by atoms with E-state index in [-0.39, 0.29) is 23.7 Å². The van der Waals surface area contributed by atoms with Gasteiger partial charge in [0.15, 0.2) is 0 Å². The molecule has 0 aromatic carbocycles. The largest absolute Gasteiger partial charge is 0.392 e. The fourth-order valence-electron chi connectivity index (χ4n) is 21.6. The second-order valence-corrected chi connectivity index (χ2v) is 41.0. The molecule has 0 aromatic rings. The van der Waals surface area contributed by atoms with E-state index in [0.717, 1.165) is 123 Å². The van der Waals surface area contributed by atoms with Gasteiger partial charge in [-0.05, 0) is 250 Å². The van der Waals surface area contributed by atoms with E-state index in [1.165, 1.54) is 78.1 Å². The third kappa shape index (κ3) is 34.4. The van der Waals surface area contributed by atoms with Crippen LogP contribution in [-0.2, 0) is 0 Å². The third-order valence-corrected chi connectivity index (χ3v) is 30.9. The summed E-state index contributed by atoms with van der Waals surface area (Å²) in [5.41, 5.74) is -0.862. The van der Waals surface area contributed by atoms with E-state index >= 15 is 0 Å². The molecule has 10 aliphatic carbocycles. The molecule has 10 fully saturated rings. The Morgan fingerprint density at radius 3 is 0.646 bits per heavy atom. The average molecular weight is 1670 g/mol. The fraction of sp³-hybridized carbons (Fsp3) is 1.00. The highest BCUT2D eigenvalue weighted by atomic mass is 19.4. The van der Waals surface area contributed by atoms with Gasteiger partial charge in [0.05, 0.1) is 35.5 Å². The van der Waals surface area contributed by atoms with Crippen LogP contribution in [0.1, 0.15) is 310 Å². The molecule has 10 rings (SSSR count). The molecule has 0 radical (unpaired) electrons. The van der Waals surface area contributed by atoms with Gasteiger partial charge < -0.3 is 0 Å². The van der Waals surface area contributed by atoms with Gasteiger partial charge in [-0.1, -0.05) is 226 Å². The molecular formula is C91H160F22. The maximum Gasteiger partial charge on any atom is 0.392 e. The molecule has 10 saturated carbocycles. The lowest BCUT2D eigenvalue weighted by molar-refractivity contribution is -0.321. The normalized spacial score (nSPS) is 45.3. The van der Waals surface area contributed by atoms with Crippen LogP contribution in [0.25, 0.3) is 0 Å². The molecule has 0 nitrogen and oxygen atoms in total. The molecule has 0 aliphatic heterocycles. The minimum atomic E-state index is -5.34. The molecule has 19 unspecified atom stereocenters. The number of hydrogen-bond donors (Lipinski definition) is 0. The van der Waals surface area contributed by atoms with Crippen LogP contribution in [0.2, 0.25) is 0 Å². The summed E-state index contributed by atoms with van der Waals surface area (Å²) in [7, 11) is 0. The summed E-state index contributed by atoms with van der Waals surface area (Å²) in [4.78, 5) is 0. The number of hydrogen-bond acceptors (Lipinski definition) is 0. The van der Waals surface area contributed by atoms with Crippen molar-refractivity contribution in [2.45, 2.75) is 372 Å². The van der Waals surface area contributed by atoms with Gasteiger partial charge in [-0.25, -0.2) is 17.6 Å². The first-order valence-electron chi connectivity index (χ1n) is 43.9. The summed E-state index contributed by atoms with van der Waals surface area (Å²) in [5.74, 6) is -7.39. The summed E-state index contributed by atoms with van der Waals surface area (Å²) in [5, 5.41) is 0. The van der Waals surface area contributed by atoms with Crippen molar-refractivity contribution in [3.63, 3.8) is 0 Å². The highest BCUT2D eigenvalue weighted by molar-refractivity contribution is 5.01. The van der Waals surface area contributed by atoms with Crippen LogP contribution in [-0.4, -0.2) is 61.2 Å². The molecule has 0 bridgehead atoms. The maximum atomic E-state index is 13.1. The van der Waals surface area contributed by atoms with Crippen molar-refractivity contribution in [2.24, 2.45) is 207 Å². The van der Waals surface area contributed by atoms with Crippen LogP contribution in [0.5, 0.6) is 0 Å². The van der Waals surface area contributed by atoms with Crippen molar-refractivity contribution in [3.8, 4) is 0 Å². The first-order valence-corrected chi connectivity index (χ1v) is 43.9. The van der Waals surface area contributed by atoms with Gasteiger partial charge in [-0.3, -0.25) is 0 Å². The van der Waals surface area contributed by atoms with Crippen LogP contribution in [0.4, 0.5) is 96.6 Å². The Morgan fingerprint density at radius 2 is 0.434 bits per heavy atom. The van der Waals surface area contributed by atoms with E-state index in [1.54, 1.807) is 34.6 Å². The zero-order valence-corrected chi connectivity index (χ0v) is 75.1. The summed E-state index contributed by atoms with van der Waals surface area (Å²) < 4.78 is 282. The van der Waals surface area contributed by atoms with Crippen LogP contribution in [0.15, 0.2) is 0 Å². The first kappa shape index (κ1) is 109. The third-order valence-electron chi connectivity index (χ3n) is 30.9. The second kappa shape index (κ2) is 45.5. The number of rotatable bonds is 0. The van der Waals surface area contributed by atoms with Gasteiger partial charge in [-0.2, -0.15) is 79.0 Å². The van der Waals surface area contributed by atoms with Crippen LogP contribution >= 0.6 is 0 Å². The van der Waals surface area contributed by atoms with E-state index in [0.29, 0.717) is 49.4 Å². The molecule has 0 spiro atoms. The summed E-state index contributed by atoms with van der Waals surface area (Å²) >= 11 is 0. The zero-order valence-electron chi connectivity index (χ0n) is 75.1. The average Bonchev–Trinajstić information content (AvgIpc) is 1.54. The van der Waals surface area contributed by atoms with Crippen LogP contribution in [0, 0.1) is 207 Å². The Labute approximate surface area is 672 Å². The van der Waals surface area contributed by atoms with Gasteiger partial charge in [-0.15, -0.1) is 0 Å². The standard InChI is InChI=1S/C12H15F9.C10H14F6.C10H17F3.C9H17F.2C9H18.C8H14F2.C8H15F.2C8H16/c1-4-5(2)8(11(16,17)18)9(12(19,20)21)6(3)7(4)10(13,14)15;1-4-5(2)8(10(14,15)16)6(3)7(4)9(11,12)13;1-6-4-8(3)9(5-7(6)2)10(11,12)13;1-6-4-8(3)9(10)5-7(6)2;2*1-7-4-5-8(2)9(3)6-7;1-4-5(2)8(10)6(3)7(4)9;1-6-4-8(3,9)5-7(6)2;2*1-6-4-7(2)8(3)5-6/h4-9H,1-3H3;4-8H,1-3H3;6-9H,4-5H2,1-3H3;6-9H,4-5H2,1-3H3;2*7-9H,4-6H2,1-3H3;4-8H,1-3H3;6-7H,4-5H2,1-3H3;2*6-8H,4-5H2,1-3H3/t4-,5+,6?,7?,8?,9?;4-,5+,6?,7?,8?;2*6-,7+,8?,9?;2*7?,8-,9+;4-,5+,6?,7?,8?;6-,7+,8?;2*6?,7-,8+/m1.0011..../s1. The fourth-order valence-corrected chi connectivity index (χ4v) is 21.6. The summed E-state index contributed by atoms with van der Waals surface area (Å²) in [6, 6.07) is 0. The van der Waals surface area contributed by atoms with Crippen molar-refractivity contribution < 1.29 is 96.6 Å². The monoisotopic (exact) mass is 1670 g/mol. The molecule has 0 heterocycles. The second-order valence-electron chi connectivity index (χ2n) is 41.0. The first-order chi connectivity index (χ1) is 50.9. The predicted molar refractivity (Wildman–Crippen MR) is 421 cm³/mol. The minimum absolute atomic E-state index is 0.106. The minimum Gasteiger partial charge on any atom is -0.247 e. The van der Waals surface area contributed by atoms with E-state index in [1.807, 2.05) is 20.8 Å². The van der Waals surface area contributed by atoms with E-state index < -0.39 is 138 Å². The zero-order chi connectivity index (χ0) is 88.8. The van der Waals surface area contributed by atoms with Crippen molar-refractivity contribution in [1.82, 2.24) is 0 Å². The molecule has 22 heteroatoms. The highest BCUT2D eigenvalue weighted by Gasteiger charge is 2.68. The predicted octanol–water partition coefficient (Wildman–Crippen LogP) is 33.5. The molecule has 39 atom stereocenters. The molecule has 113 heavy (non-hydrogen) atoms. The van der Waals surface area contributed by atoms with Gasteiger partial charge in [0.2, 0.25) is 0 Å². The van der Waals surface area contributed by atoms with Gasteiger partial charge >= 0.3 is 37.1 Å². The SMILES string of the molecule is CC1C(C(F)(F)F)C(C(F)(F)F)[C@@H](C)[C@@H](C)C1C(F)(F)F.CC1C(C(F)(F)F)[C@@H](C)[C@@H](C)C1C(F)(F)F.CC1C(F)[C@@H](C)[C@@H](C)C1F.CC1CC[C@@H](C)[C@@H](C)C1.CC1CC[C@@H](C)[C@@H](C)C1.CC1C[C@@H](C)[C@@H](C)C1.CC1C[C@@H](C)[C@@H](C)C1.CC1C[C@H](C)[C@H](C)CC1C(F)(F)F.CC1C[C@H](C)[C@H](C)CC1F.C[C@@H]1CC(C)(F)C[C@@H]1C. The molecule has 0 N–H and O–H groups in total. The van der Waals surface area contributed by atoms with Gasteiger partial charge in [0, 0.05) is 5.92 Å². The Morgan fingerprint density at radius 1 is 0.204 bits per heavy atom. The molecular weight excluding hydrogens is 1510 g/mol.